The number of hydrogen-bond acceptors (Lipinski definition) is 4. The second-order valence-electron chi connectivity index (χ2n) is 5.00. The Labute approximate surface area is 142 Å². The van der Waals surface area contributed by atoms with Crippen molar-refractivity contribution < 1.29 is 14.6 Å². The van der Waals surface area contributed by atoms with Gasteiger partial charge in [-0.15, -0.1) is 11.3 Å². The molecule has 2 N–H and O–H groups in total. The van der Waals surface area contributed by atoms with Crippen LogP contribution in [0.2, 0.25) is 5.02 Å². The summed E-state index contributed by atoms with van der Waals surface area (Å²) in [6.45, 7) is 3.79. The van der Waals surface area contributed by atoms with Crippen LogP contribution in [0.1, 0.15) is 11.8 Å². The fraction of sp³-hybridized carbons (Fsp3) is 0.267. The Hall–Kier alpha value is -1.96. The maximum absolute atomic E-state index is 12.2. The lowest BCUT2D eigenvalue weighted by atomic mass is 10.2. The molecule has 0 fully saturated rings. The number of anilines is 1. The number of likely N-dealkylation sites (N-methyl/N-ethyl adjacent to an activating group) is 1. The van der Waals surface area contributed by atoms with Gasteiger partial charge in [-0.05, 0) is 30.5 Å². The lowest BCUT2D eigenvalue weighted by molar-refractivity contribution is -0.903. The van der Waals surface area contributed by atoms with E-state index in [-0.39, 0.29) is 28.8 Å². The molecule has 0 saturated heterocycles. The second-order valence-corrected chi connectivity index (χ2v) is 6.47. The van der Waals surface area contributed by atoms with Crippen LogP contribution in [0.3, 0.4) is 0 Å². The van der Waals surface area contributed by atoms with Gasteiger partial charge in [-0.2, -0.15) is 0 Å². The van der Waals surface area contributed by atoms with Crippen LogP contribution < -0.4 is 10.2 Å². The maximum atomic E-state index is 12.2. The topological polar surface area (TPSA) is 76.7 Å². The van der Waals surface area contributed by atoms with Gasteiger partial charge in [0.2, 0.25) is 0 Å². The molecule has 0 aliphatic rings. The molecule has 1 aromatic heterocycles. The number of nitrogens with zero attached hydrogens (tertiary/aromatic N) is 1. The van der Waals surface area contributed by atoms with E-state index in [1.807, 2.05) is 24.4 Å². The molecule has 2 aromatic rings. The minimum Gasteiger partial charge on any atom is -0.323 e. The van der Waals surface area contributed by atoms with Crippen molar-refractivity contribution in [2.24, 2.45) is 0 Å². The summed E-state index contributed by atoms with van der Waals surface area (Å²) in [5, 5.41) is 15.9. The highest BCUT2D eigenvalue weighted by Gasteiger charge is 2.19. The number of nitro benzene ring substituents is 1. The number of amides is 1. The number of hydrogen-bond donors (Lipinski definition) is 2. The first-order valence-electron chi connectivity index (χ1n) is 7.09. The first kappa shape index (κ1) is 17.4. The Bertz CT molecular complexity index is 691. The van der Waals surface area contributed by atoms with E-state index < -0.39 is 4.92 Å². The molecular weight excluding hydrogens is 338 g/mol. The van der Waals surface area contributed by atoms with Crippen molar-refractivity contribution in [1.29, 1.82) is 0 Å². The van der Waals surface area contributed by atoms with Crippen LogP contribution in [0.4, 0.5) is 11.4 Å². The lowest BCUT2D eigenvalue weighted by Crippen LogP contribution is -3.11. The molecule has 1 amide bonds. The molecule has 0 radical (unpaired) electrons. The molecule has 0 aliphatic heterocycles. The molecule has 1 aromatic carbocycles. The van der Waals surface area contributed by atoms with E-state index in [1.54, 1.807) is 11.3 Å². The monoisotopic (exact) mass is 354 g/mol. The van der Waals surface area contributed by atoms with Gasteiger partial charge in [0.25, 0.3) is 11.6 Å². The smallest absolute Gasteiger partial charge is 0.294 e. The van der Waals surface area contributed by atoms with E-state index in [9.17, 15) is 14.9 Å². The number of carbonyl (C=O) groups is 1. The SMILES string of the molecule is CC[NH+](CC(=O)Nc1ccc(Cl)cc1[N+](=O)[O-])Cc1cccs1. The van der Waals surface area contributed by atoms with Gasteiger partial charge in [0.15, 0.2) is 6.54 Å². The Balaban J connectivity index is 2.02. The maximum Gasteiger partial charge on any atom is 0.294 e. The molecule has 1 heterocycles. The van der Waals surface area contributed by atoms with E-state index in [0.717, 1.165) is 18.0 Å². The minimum atomic E-state index is -0.558. The normalized spacial score (nSPS) is 11.9. The number of halogens is 1. The number of thiophene rings is 1. The zero-order valence-corrected chi connectivity index (χ0v) is 14.1. The highest BCUT2D eigenvalue weighted by atomic mass is 35.5. The van der Waals surface area contributed by atoms with E-state index in [1.165, 1.54) is 23.1 Å². The van der Waals surface area contributed by atoms with Gasteiger partial charge >= 0.3 is 0 Å². The molecule has 8 heteroatoms. The fourth-order valence-corrected chi connectivity index (χ4v) is 3.10. The van der Waals surface area contributed by atoms with Crippen LogP contribution in [-0.4, -0.2) is 23.9 Å². The quantitative estimate of drug-likeness (QED) is 0.592. The van der Waals surface area contributed by atoms with Gasteiger partial charge in [0.05, 0.1) is 16.3 Å². The van der Waals surface area contributed by atoms with Crippen molar-refractivity contribution in [2.45, 2.75) is 13.5 Å². The van der Waals surface area contributed by atoms with Crippen LogP contribution >= 0.6 is 22.9 Å². The van der Waals surface area contributed by atoms with Crippen molar-refractivity contribution in [1.82, 2.24) is 0 Å². The average Bonchev–Trinajstić information content (AvgIpc) is 3.01. The Morgan fingerprint density at radius 1 is 1.43 bits per heavy atom. The summed E-state index contributed by atoms with van der Waals surface area (Å²) < 4.78 is 0. The second kappa shape index (κ2) is 8.05. The zero-order chi connectivity index (χ0) is 16.8. The molecule has 1 atom stereocenters. The van der Waals surface area contributed by atoms with Gasteiger partial charge in [0.1, 0.15) is 12.2 Å². The van der Waals surface area contributed by atoms with E-state index in [0.29, 0.717) is 0 Å². The molecule has 2 rings (SSSR count). The first-order valence-corrected chi connectivity index (χ1v) is 8.35. The van der Waals surface area contributed by atoms with E-state index in [2.05, 4.69) is 5.32 Å². The molecule has 0 bridgehead atoms. The standard InChI is InChI=1S/C15H16ClN3O3S/c1-2-18(9-12-4-3-7-23-12)10-15(20)17-13-6-5-11(16)8-14(13)19(21)22/h3-8H,2,9-10H2,1H3,(H,17,20)/p+1. The van der Waals surface area contributed by atoms with Crippen LogP contribution in [0.15, 0.2) is 35.7 Å². The molecular formula is C15H17ClN3O3S+. The summed E-state index contributed by atoms with van der Waals surface area (Å²) in [4.78, 5) is 25.0. The average molecular weight is 355 g/mol. The predicted molar refractivity (Wildman–Crippen MR) is 91.1 cm³/mol. The number of nitrogens with one attached hydrogen (secondary N) is 2. The first-order chi connectivity index (χ1) is 11.0. The summed E-state index contributed by atoms with van der Waals surface area (Å²) in [6.07, 6.45) is 0. The zero-order valence-electron chi connectivity index (χ0n) is 12.5. The summed E-state index contributed by atoms with van der Waals surface area (Å²) >= 11 is 7.41. The van der Waals surface area contributed by atoms with E-state index in [4.69, 9.17) is 11.6 Å². The molecule has 0 saturated carbocycles. The number of nitro groups is 1. The predicted octanol–water partition coefficient (Wildman–Crippen LogP) is 2.35. The van der Waals surface area contributed by atoms with Gasteiger partial charge in [-0.25, -0.2) is 0 Å². The van der Waals surface area contributed by atoms with Crippen molar-refractivity contribution >= 4 is 40.2 Å². The van der Waals surface area contributed by atoms with Crippen LogP contribution in [0.25, 0.3) is 0 Å². The number of rotatable bonds is 7. The third-order valence-corrected chi connectivity index (χ3v) is 4.46. The molecule has 122 valence electrons. The molecule has 6 nitrogen and oxygen atoms in total. The van der Waals surface area contributed by atoms with Crippen LogP contribution in [0, 0.1) is 10.1 Å². The van der Waals surface area contributed by atoms with E-state index >= 15 is 0 Å². The largest absolute Gasteiger partial charge is 0.323 e. The van der Waals surface area contributed by atoms with Gasteiger partial charge < -0.3 is 10.2 Å². The minimum absolute atomic E-state index is 0.163. The van der Waals surface area contributed by atoms with Gasteiger partial charge in [-0.3, -0.25) is 14.9 Å². The third kappa shape index (κ3) is 5.02. The van der Waals surface area contributed by atoms with Gasteiger partial charge in [-0.1, -0.05) is 17.7 Å². The highest BCUT2D eigenvalue weighted by Crippen LogP contribution is 2.27. The van der Waals surface area contributed by atoms with Gasteiger partial charge in [0, 0.05) is 11.1 Å². The number of carbonyl (C=O) groups excluding carboxylic acids is 1. The highest BCUT2D eigenvalue weighted by molar-refractivity contribution is 7.09. The van der Waals surface area contributed by atoms with Crippen molar-refractivity contribution in [2.75, 3.05) is 18.4 Å². The van der Waals surface area contributed by atoms with Crippen molar-refractivity contribution in [3.05, 3.63) is 55.7 Å². The third-order valence-electron chi connectivity index (χ3n) is 3.35. The van der Waals surface area contributed by atoms with Crippen LogP contribution in [-0.2, 0) is 11.3 Å². The number of benzene rings is 1. The molecule has 1 unspecified atom stereocenters. The molecule has 0 spiro atoms. The Morgan fingerprint density at radius 2 is 2.22 bits per heavy atom. The van der Waals surface area contributed by atoms with Crippen molar-refractivity contribution in [3.63, 3.8) is 0 Å². The lowest BCUT2D eigenvalue weighted by Gasteiger charge is -2.16. The Kier molecular flexibility index (Phi) is 6.09. The van der Waals surface area contributed by atoms with Crippen LogP contribution in [0.5, 0.6) is 0 Å². The summed E-state index contributed by atoms with van der Waals surface area (Å²) in [5.41, 5.74) is -0.0434. The summed E-state index contributed by atoms with van der Waals surface area (Å²) in [6, 6.07) is 8.20. The fourth-order valence-electron chi connectivity index (χ4n) is 2.16. The molecule has 23 heavy (non-hydrogen) atoms. The summed E-state index contributed by atoms with van der Waals surface area (Å²) in [7, 11) is 0. The van der Waals surface area contributed by atoms with Crippen molar-refractivity contribution in [3.8, 4) is 0 Å². The number of quaternary nitrogens is 1. The Morgan fingerprint density at radius 3 is 2.83 bits per heavy atom. The molecule has 0 aliphatic carbocycles. The summed E-state index contributed by atoms with van der Waals surface area (Å²) in [5.74, 6) is -0.260.